The van der Waals surface area contributed by atoms with Crippen LogP contribution < -0.4 is 14.8 Å². The van der Waals surface area contributed by atoms with E-state index in [9.17, 15) is 8.42 Å². The summed E-state index contributed by atoms with van der Waals surface area (Å²) in [5.41, 5.74) is 1.15. The zero-order valence-corrected chi connectivity index (χ0v) is 20.3. The molecule has 0 bridgehead atoms. The molecule has 4 aromatic rings. The number of nitrogens with one attached hydrogen (secondary N) is 2. The van der Waals surface area contributed by atoms with Crippen molar-refractivity contribution in [3.8, 4) is 11.6 Å². The Balaban J connectivity index is 1.52. The minimum absolute atomic E-state index is 0.0588. The summed E-state index contributed by atoms with van der Waals surface area (Å²) in [6.07, 6.45) is 3.48. The molecule has 11 heteroatoms. The van der Waals surface area contributed by atoms with Crippen molar-refractivity contribution in [1.29, 1.82) is 0 Å². The lowest BCUT2D eigenvalue weighted by Crippen LogP contribution is -2.14. The van der Waals surface area contributed by atoms with Crippen molar-refractivity contribution >= 4 is 43.1 Å². The van der Waals surface area contributed by atoms with E-state index in [1.54, 1.807) is 73.4 Å². The van der Waals surface area contributed by atoms with Gasteiger partial charge in [0.15, 0.2) is 5.82 Å². The van der Waals surface area contributed by atoms with Crippen LogP contribution in [0.25, 0.3) is 5.82 Å². The predicted molar refractivity (Wildman–Crippen MR) is 130 cm³/mol. The molecule has 0 spiro atoms. The third kappa shape index (κ3) is 5.49. The first-order valence-corrected chi connectivity index (χ1v) is 12.3. The number of nitrogens with zero attached hydrogens (tertiary/aromatic N) is 4. The molecule has 0 saturated carbocycles. The first-order chi connectivity index (χ1) is 15.8. The van der Waals surface area contributed by atoms with Crippen LogP contribution in [0.3, 0.4) is 0 Å². The molecule has 0 atom stereocenters. The summed E-state index contributed by atoms with van der Waals surface area (Å²) in [4.78, 5) is 8.85. The summed E-state index contributed by atoms with van der Waals surface area (Å²) in [6.45, 7) is 3.96. The highest BCUT2D eigenvalue weighted by atomic mass is 79.9. The standard InChI is InChI=1S/C22H21BrN6O3S/c1-3-32-19-10-5-16(23)13-20(19)33(30,31)28-18-8-6-17(7-9-18)27-21-14-22(26-15(2)25-21)29-12-4-11-24-29/h4-14,28H,3H2,1-2H3,(H,25,26,27). The van der Waals surface area contributed by atoms with Crippen LogP contribution in [0.15, 0.2) is 76.4 Å². The molecule has 0 fully saturated rings. The third-order valence-corrected chi connectivity index (χ3v) is 6.36. The Morgan fingerprint density at radius 2 is 1.82 bits per heavy atom. The Hall–Kier alpha value is -3.44. The van der Waals surface area contributed by atoms with Gasteiger partial charge in [-0.15, -0.1) is 0 Å². The number of sulfonamides is 1. The van der Waals surface area contributed by atoms with E-state index in [-0.39, 0.29) is 4.90 Å². The molecule has 0 unspecified atom stereocenters. The van der Waals surface area contributed by atoms with Crippen LogP contribution in [0.1, 0.15) is 12.7 Å². The zero-order chi connectivity index (χ0) is 23.4. The van der Waals surface area contributed by atoms with Gasteiger partial charge in [-0.3, -0.25) is 4.72 Å². The third-order valence-electron chi connectivity index (χ3n) is 4.47. The largest absolute Gasteiger partial charge is 0.492 e. The number of halogens is 1. The summed E-state index contributed by atoms with van der Waals surface area (Å²) in [7, 11) is -3.85. The summed E-state index contributed by atoms with van der Waals surface area (Å²) in [5, 5.41) is 7.40. The van der Waals surface area contributed by atoms with Crippen molar-refractivity contribution in [1.82, 2.24) is 19.7 Å². The van der Waals surface area contributed by atoms with Gasteiger partial charge >= 0.3 is 0 Å². The molecule has 0 aliphatic rings. The molecule has 0 amide bonds. The van der Waals surface area contributed by atoms with E-state index in [2.05, 4.69) is 41.0 Å². The Labute approximate surface area is 200 Å². The average Bonchev–Trinajstić information content (AvgIpc) is 3.31. The van der Waals surface area contributed by atoms with Gasteiger partial charge in [-0.1, -0.05) is 15.9 Å². The molecule has 9 nitrogen and oxygen atoms in total. The Morgan fingerprint density at radius 3 is 2.52 bits per heavy atom. The first kappa shape index (κ1) is 22.7. The molecule has 2 aromatic heterocycles. The van der Waals surface area contributed by atoms with Gasteiger partial charge in [-0.05, 0) is 62.4 Å². The highest BCUT2D eigenvalue weighted by Gasteiger charge is 2.20. The topological polar surface area (TPSA) is 111 Å². The highest BCUT2D eigenvalue weighted by molar-refractivity contribution is 9.10. The van der Waals surface area contributed by atoms with Crippen LogP contribution in [-0.2, 0) is 10.0 Å². The molecule has 0 aliphatic carbocycles. The van der Waals surface area contributed by atoms with Crippen molar-refractivity contribution in [2.75, 3.05) is 16.6 Å². The number of aromatic nitrogens is 4. The van der Waals surface area contributed by atoms with E-state index in [0.717, 1.165) is 5.69 Å². The molecule has 2 heterocycles. The zero-order valence-electron chi connectivity index (χ0n) is 17.9. The molecule has 4 rings (SSSR count). The van der Waals surface area contributed by atoms with Gasteiger partial charge in [-0.2, -0.15) is 5.10 Å². The second-order valence-electron chi connectivity index (χ2n) is 6.94. The normalized spacial score (nSPS) is 11.2. The number of aryl methyl sites for hydroxylation is 1. The highest BCUT2D eigenvalue weighted by Crippen LogP contribution is 2.29. The number of hydrogen-bond donors (Lipinski definition) is 2. The summed E-state index contributed by atoms with van der Waals surface area (Å²) < 4.78 is 36.3. The molecular formula is C22H21BrN6O3S. The number of ether oxygens (including phenoxy) is 1. The second kappa shape index (κ2) is 9.59. The van der Waals surface area contributed by atoms with Crippen LogP contribution >= 0.6 is 15.9 Å². The first-order valence-electron chi connectivity index (χ1n) is 10.0. The summed E-state index contributed by atoms with van der Waals surface area (Å²) in [6, 6.07) is 15.3. The van der Waals surface area contributed by atoms with E-state index in [1.165, 1.54) is 6.07 Å². The van der Waals surface area contributed by atoms with Crippen molar-refractivity contribution in [3.05, 3.63) is 77.3 Å². The molecule has 33 heavy (non-hydrogen) atoms. The van der Waals surface area contributed by atoms with Gasteiger partial charge in [0.25, 0.3) is 10.0 Å². The molecule has 0 aliphatic heterocycles. The maximum Gasteiger partial charge on any atom is 0.265 e. The van der Waals surface area contributed by atoms with Crippen molar-refractivity contribution in [2.24, 2.45) is 0 Å². The van der Waals surface area contributed by atoms with Crippen molar-refractivity contribution < 1.29 is 13.2 Å². The van der Waals surface area contributed by atoms with E-state index in [1.807, 2.05) is 6.07 Å². The fourth-order valence-electron chi connectivity index (χ4n) is 3.08. The molecule has 0 saturated heterocycles. The Bertz CT molecular complexity index is 1360. The van der Waals surface area contributed by atoms with Gasteiger partial charge in [0, 0.05) is 34.3 Å². The lowest BCUT2D eigenvalue weighted by Gasteiger charge is -2.14. The molecular weight excluding hydrogens is 508 g/mol. The van der Waals surface area contributed by atoms with Gasteiger partial charge in [-0.25, -0.2) is 23.1 Å². The van der Waals surface area contributed by atoms with Crippen LogP contribution in [-0.4, -0.2) is 34.8 Å². The van der Waals surface area contributed by atoms with Crippen LogP contribution in [0.4, 0.5) is 17.2 Å². The molecule has 170 valence electrons. The fraction of sp³-hybridized carbons (Fsp3) is 0.136. The monoisotopic (exact) mass is 528 g/mol. The molecule has 0 radical (unpaired) electrons. The Morgan fingerprint density at radius 1 is 1.06 bits per heavy atom. The summed E-state index contributed by atoms with van der Waals surface area (Å²) in [5.74, 6) is 2.11. The maximum atomic E-state index is 13.0. The van der Waals surface area contributed by atoms with Gasteiger partial charge < -0.3 is 10.1 Å². The number of hydrogen-bond acceptors (Lipinski definition) is 7. The molecule has 2 N–H and O–H groups in total. The van der Waals surface area contributed by atoms with Gasteiger partial charge in [0.05, 0.1) is 6.61 Å². The van der Waals surface area contributed by atoms with E-state index in [4.69, 9.17) is 4.74 Å². The number of anilines is 3. The number of benzene rings is 2. The van der Waals surface area contributed by atoms with Crippen LogP contribution in [0.2, 0.25) is 0 Å². The fourth-order valence-corrected chi connectivity index (χ4v) is 4.83. The van der Waals surface area contributed by atoms with E-state index < -0.39 is 10.0 Å². The minimum Gasteiger partial charge on any atom is -0.492 e. The van der Waals surface area contributed by atoms with Crippen LogP contribution in [0, 0.1) is 6.92 Å². The van der Waals surface area contributed by atoms with E-state index in [0.29, 0.717) is 40.0 Å². The van der Waals surface area contributed by atoms with E-state index >= 15 is 0 Å². The Kier molecular flexibility index (Phi) is 6.61. The van der Waals surface area contributed by atoms with Crippen molar-refractivity contribution in [3.63, 3.8) is 0 Å². The van der Waals surface area contributed by atoms with Gasteiger partial charge in [0.1, 0.15) is 22.3 Å². The lowest BCUT2D eigenvalue weighted by atomic mass is 10.3. The summed E-state index contributed by atoms with van der Waals surface area (Å²) >= 11 is 3.32. The number of rotatable bonds is 8. The smallest absolute Gasteiger partial charge is 0.265 e. The molecule has 2 aromatic carbocycles. The lowest BCUT2D eigenvalue weighted by molar-refractivity contribution is 0.331. The average molecular weight is 529 g/mol. The van der Waals surface area contributed by atoms with Crippen LogP contribution in [0.5, 0.6) is 5.75 Å². The quantitative estimate of drug-likeness (QED) is 0.341. The minimum atomic E-state index is -3.85. The maximum absolute atomic E-state index is 13.0. The second-order valence-corrected chi connectivity index (χ2v) is 9.51. The van der Waals surface area contributed by atoms with Crippen molar-refractivity contribution in [2.45, 2.75) is 18.7 Å². The van der Waals surface area contributed by atoms with Gasteiger partial charge in [0.2, 0.25) is 0 Å². The SMILES string of the molecule is CCOc1ccc(Br)cc1S(=O)(=O)Nc1ccc(Nc2cc(-n3cccn3)nc(C)n2)cc1. The predicted octanol–water partition coefficient (Wildman–Crippen LogP) is 4.68.